The second-order valence-corrected chi connectivity index (χ2v) is 9.29. The largest absolute Gasteiger partial charge is 0.382 e. The quantitative estimate of drug-likeness (QED) is 0.549. The molecule has 9 nitrogen and oxygen atoms in total. The summed E-state index contributed by atoms with van der Waals surface area (Å²) in [6.45, 7) is 1.39. The molecule has 0 saturated carbocycles. The lowest BCUT2D eigenvalue weighted by Gasteiger charge is -2.42. The second kappa shape index (κ2) is 7.93. The van der Waals surface area contributed by atoms with Crippen LogP contribution in [0.15, 0.2) is 51.2 Å². The van der Waals surface area contributed by atoms with Gasteiger partial charge in [-0.05, 0) is 54.0 Å². The number of hydrogen-bond donors (Lipinski definition) is 3. The molecule has 1 aliphatic carbocycles. The van der Waals surface area contributed by atoms with E-state index in [0.29, 0.717) is 34.5 Å². The van der Waals surface area contributed by atoms with Gasteiger partial charge < -0.3 is 16.4 Å². The molecule has 2 aromatic heterocycles. The molecule has 5 N–H and O–H groups in total. The molecule has 162 valence electrons. The Kier molecular flexibility index (Phi) is 5.07. The zero-order chi connectivity index (χ0) is 22.3. The van der Waals surface area contributed by atoms with Crippen LogP contribution in [0.2, 0.25) is 0 Å². The van der Waals surface area contributed by atoms with Gasteiger partial charge >= 0.3 is 0 Å². The number of piperidine rings is 1. The Bertz CT molecular complexity index is 1260. The molecule has 1 aromatic carbocycles. The van der Waals surface area contributed by atoms with E-state index in [4.69, 9.17) is 11.5 Å². The van der Waals surface area contributed by atoms with Crippen molar-refractivity contribution in [2.75, 3.05) is 23.7 Å². The molecule has 0 radical (unpaired) electrons. The first-order valence-corrected chi connectivity index (χ1v) is 11.2. The van der Waals surface area contributed by atoms with Gasteiger partial charge in [0.1, 0.15) is 15.7 Å². The van der Waals surface area contributed by atoms with E-state index >= 15 is 0 Å². The van der Waals surface area contributed by atoms with E-state index in [-0.39, 0.29) is 22.8 Å². The minimum Gasteiger partial charge on any atom is -0.382 e. The summed E-state index contributed by atoms with van der Waals surface area (Å²) in [4.78, 5) is 22.4. The lowest BCUT2D eigenvalue weighted by molar-refractivity contribution is 0.187. The molecule has 0 amide bonds. The Hall–Kier alpha value is -3.42. The lowest BCUT2D eigenvalue weighted by atomic mass is 9.73. The highest BCUT2D eigenvalue weighted by Gasteiger charge is 2.47. The van der Waals surface area contributed by atoms with Crippen molar-refractivity contribution >= 4 is 23.5 Å². The third kappa shape index (κ3) is 3.39. The zero-order valence-corrected chi connectivity index (χ0v) is 18.1. The van der Waals surface area contributed by atoms with Crippen molar-refractivity contribution in [2.45, 2.75) is 35.2 Å². The summed E-state index contributed by atoms with van der Waals surface area (Å²) in [6, 6.07) is 11.5. The third-order valence-corrected chi connectivity index (χ3v) is 7.56. The Morgan fingerprint density at radius 3 is 2.75 bits per heavy atom. The van der Waals surface area contributed by atoms with Crippen LogP contribution in [0, 0.1) is 16.7 Å². The van der Waals surface area contributed by atoms with Crippen molar-refractivity contribution in [3.05, 3.63) is 63.6 Å². The maximum Gasteiger partial charge on any atom is 0.268 e. The third-order valence-electron chi connectivity index (χ3n) is 6.53. The van der Waals surface area contributed by atoms with Gasteiger partial charge in [0.15, 0.2) is 0 Å². The summed E-state index contributed by atoms with van der Waals surface area (Å²) in [5, 5.41) is 17.9. The maximum atomic E-state index is 12.7. The monoisotopic (exact) mass is 446 g/mol. The number of aromatic amines is 1. The van der Waals surface area contributed by atoms with Crippen molar-refractivity contribution in [1.29, 1.82) is 5.26 Å². The predicted octanol–water partition coefficient (Wildman–Crippen LogP) is 2.01. The summed E-state index contributed by atoms with van der Waals surface area (Å²) in [6.07, 6.45) is 4.12. The van der Waals surface area contributed by atoms with Crippen LogP contribution in [0.25, 0.3) is 0 Å². The number of nitrogens with two attached hydrogens (primary N) is 2. The average molecular weight is 447 g/mol. The number of nitriles is 1. The van der Waals surface area contributed by atoms with Crippen molar-refractivity contribution in [1.82, 2.24) is 20.2 Å². The molecule has 5 rings (SSSR count). The topological polar surface area (TPSA) is 151 Å². The van der Waals surface area contributed by atoms with Gasteiger partial charge in [-0.1, -0.05) is 23.9 Å². The standard InChI is InChI=1S/C22H22N8OS/c23-12-14-4-1-3-13-11-22(18(24)16(13)14)6-9-30(10-7-22)21-27-19(25)17(20(31)28-21)32-15-5-2-8-26-29-15/h1-5,8,18H,6-7,9-11,24H2,(H3,25,27,28,31)/t18-/m1/s1. The van der Waals surface area contributed by atoms with Crippen LogP contribution in [0.4, 0.5) is 11.8 Å². The van der Waals surface area contributed by atoms with Gasteiger partial charge in [0.25, 0.3) is 5.56 Å². The SMILES string of the molecule is N#Cc1cccc2c1[C@@H](N)C1(CCN(c3nc(N)c(Sc4cccnn4)c(=O)[nH]3)CC1)C2. The van der Waals surface area contributed by atoms with Crippen molar-refractivity contribution < 1.29 is 0 Å². The van der Waals surface area contributed by atoms with Crippen LogP contribution < -0.4 is 21.9 Å². The number of aromatic nitrogens is 4. The normalized spacial score (nSPS) is 19.0. The van der Waals surface area contributed by atoms with E-state index in [2.05, 4.69) is 32.3 Å². The number of benzene rings is 1. The van der Waals surface area contributed by atoms with Gasteiger partial charge in [0.2, 0.25) is 5.95 Å². The Morgan fingerprint density at radius 2 is 2.06 bits per heavy atom. The number of H-pyrrole nitrogens is 1. The maximum absolute atomic E-state index is 12.7. The van der Waals surface area contributed by atoms with E-state index in [1.165, 1.54) is 5.56 Å². The summed E-state index contributed by atoms with van der Waals surface area (Å²) < 4.78 is 0. The van der Waals surface area contributed by atoms with Crippen LogP contribution >= 0.6 is 11.8 Å². The summed E-state index contributed by atoms with van der Waals surface area (Å²) in [7, 11) is 0. The second-order valence-electron chi connectivity index (χ2n) is 8.26. The summed E-state index contributed by atoms with van der Waals surface area (Å²) >= 11 is 1.14. The number of nitrogens with zero attached hydrogens (tertiary/aromatic N) is 5. The smallest absolute Gasteiger partial charge is 0.268 e. The molecule has 3 heterocycles. The fraction of sp³-hybridized carbons (Fsp3) is 0.318. The van der Waals surface area contributed by atoms with Crippen LogP contribution in [0.5, 0.6) is 0 Å². The zero-order valence-electron chi connectivity index (χ0n) is 17.3. The fourth-order valence-corrected chi connectivity index (χ4v) is 5.58. The van der Waals surface area contributed by atoms with Crippen LogP contribution in [-0.4, -0.2) is 33.3 Å². The molecule has 3 aromatic rings. The van der Waals surface area contributed by atoms with Gasteiger partial charge in [-0.25, -0.2) is 0 Å². The number of rotatable bonds is 3. The first-order valence-electron chi connectivity index (χ1n) is 10.4. The minimum atomic E-state index is -0.299. The molecule has 1 aliphatic heterocycles. The number of nitrogens with one attached hydrogen (secondary N) is 1. The van der Waals surface area contributed by atoms with Crippen molar-refractivity contribution in [2.24, 2.45) is 11.1 Å². The highest BCUT2D eigenvalue weighted by Crippen LogP contribution is 2.51. The van der Waals surface area contributed by atoms with Crippen LogP contribution in [0.3, 0.4) is 0 Å². The first kappa shape index (κ1) is 20.5. The minimum absolute atomic E-state index is 0.0839. The molecule has 1 atom stereocenters. The molecule has 10 heteroatoms. The molecule has 0 bridgehead atoms. The summed E-state index contributed by atoms with van der Waals surface area (Å²) in [5.74, 6) is 0.635. The molecule has 1 fully saturated rings. The lowest BCUT2D eigenvalue weighted by Crippen LogP contribution is -2.45. The van der Waals surface area contributed by atoms with Gasteiger partial charge in [0.05, 0.1) is 11.6 Å². The van der Waals surface area contributed by atoms with Gasteiger partial charge in [0, 0.05) is 25.3 Å². The average Bonchev–Trinajstić information content (AvgIpc) is 3.08. The van der Waals surface area contributed by atoms with E-state index < -0.39 is 0 Å². The molecule has 1 saturated heterocycles. The van der Waals surface area contributed by atoms with Gasteiger partial charge in [-0.2, -0.15) is 15.3 Å². The predicted molar refractivity (Wildman–Crippen MR) is 121 cm³/mol. The first-order chi connectivity index (χ1) is 15.5. The van der Waals surface area contributed by atoms with E-state index in [0.717, 1.165) is 36.6 Å². The Balaban J connectivity index is 1.34. The number of anilines is 2. The van der Waals surface area contributed by atoms with Gasteiger partial charge in [-0.15, -0.1) is 5.10 Å². The Morgan fingerprint density at radius 1 is 1.25 bits per heavy atom. The van der Waals surface area contributed by atoms with E-state index in [1.54, 1.807) is 18.3 Å². The molecular weight excluding hydrogens is 424 g/mol. The number of nitrogen functional groups attached to an aromatic ring is 1. The molecule has 2 aliphatic rings. The number of fused-ring (bicyclic) bond motifs is 1. The van der Waals surface area contributed by atoms with Crippen LogP contribution in [0.1, 0.15) is 35.6 Å². The van der Waals surface area contributed by atoms with Crippen LogP contribution in [-0.2, 0) is 6.42 Å². The van der Waals surface area contributed by atoms with E-state index in [9.17, 15) is 10.1 Å². The van der Waals surface area contributed by atoms with Crippen molar-refractivity contribution in [3.8, 4) is 6.07 Å². The number of hydrogen-bond acceptors (Lipinski definition) is 9. The Labute approximate surface area is 188 Å². The molecule has 32 heavy (non-hydrogen) atoms. The highest BCUT2D eigenvalue weighted by atomic mass is 32.2. The molecular formula is C22H22N8OS. The van der Waals surface area contributed by atoms with Gasteiger partial charge in [-0.3, -0.25) is 9.78 Å². The van der Waals surface area contributed by atoms with Crippen molar-refractivity contribution in [3.63, 3.8) is 0 Å². The summed E-state index contributed by atoms with van der Waals surface area (Å²) in [5.41, 5.74) is 15.3. The highest BCUT2D eigenvalue weighted by molar-refractivity contribution is 7.99. The van der Waals surface area contributed by atoms with E-state index in [1.807, 2.05) is 17.0 Å². The molecule has 0 unspecified atom stereocenters. The fourth-order valence-electron chi connectivity index (χ4n) is 4.84. The molecule has 1 spiro atoms.